The fraction of sp³-hybridized carbons (Fsp3) is 0.167. The summed E-state index contributed by atoms with van der Waals surface area (Å²) < 4.78 is 29.5. The van der Waals surface area contributed by atoms with Crippen molar-refractivity contribution in [3.8, 4) is 0 Å². The molecule has 0 aliphatic carbocycles. The molecule has 0 fully saturated rings. The van der Waals surface area contributed by atoms with E-state index >= 15 is 0 Å². The third-order valence-electron chi connectivity index (χ3n) is 3.84. The molecule has 1 heterocycles. The van der Waals surface area contributed by atoms with Crippen molar-refractivity contribution in [3.05, 3.63) is 58.9 Å². The van der Waals surface area contributed by atoms with Gasteiger partial charge in [0.15, 0.2) is 0 Å². The Balaban J connectivity index is 1.90. The van der Waals surface area contributed by atoms with Crippen LogP contribution in [0.2, 0.25) is 5.02 Å². The summed E-state index contributed by atoms with van der Waals surface area (Å²) in [7, 11) is -0.601. The predicted octanol–water partition coefficient (Wildman–Crippen LogP) is 2.66. The van der Waals surface area contributed by atoms with Crippen LogP contribution in [0.4, 0.5) is 0 Å². The number of benzene rings is 2. The molecule has 0 aliphatic rings. The number of nitrogens with zero attached hydrogens (tertiary/aromatic N) is 4. The molecular formula is C18H18ClN5O3S. The number of imidazole rings is 1. The molecule has 3 aromatic rings. The van der Waals surface area contributed by atoms with Crippen molar-refractivity contribution in [1.29, 1.82) is 0 Å². The lowest BCUT2D eigenvalue weighted by atomic mass is 10.2. The van der Waals surface area contributed by atoms with Crippen molar-refractivity contribution in [3.63, 3.8) is 0 Å². The SMILES string of the molecule is Cc1nc2ccccc2n1NC(=O)c1ccc(S(=O)(=O)/N=C/N(C)C)cc1Cl. The van der Waals surface area contributed by atoms with E-state index in [1.165, 1.54) is 29.4 Å². The molecule has 1 aromatic heterocycles. The third-order valence-corrected chi connectivity index (χ3v) is 5.38. The minimum absolute atomic E-state index is 0.000650. The van der Waals surface area contributed by atoms with Crippen molar-refractivity contribution in [2.75, 3.05) is 19.5 Å². The number of aromatic nitrogens is 2. The van der Waals surface area contributed by atoms with E-state index in [4.69, 9.17) is 11.6 Å². The van der Waals surface area contributed by atoms with Crippen molar-refractivity contribution in [2.24, 2.45) is 4.40 Å². The van der Waals surface area contributed by atoms with Crippen molar-refractivity contribution in [2.45, 2.75) is 11.8 Å². The Labute approximate surface area is 167 Å². The van der Waals surface area contributed by atoms with Gasteiger partial charge in [-0.1, -0.05) is 23.7 Å². The first-order chi connectivity index (χ1) is 13.2. The Hall–Kier alpha value is -2.91. The Bertz CT molecular complexity index is 1190. The summed E-state index contributed by atoms with van der Waals surface area (Å²) in [6.07, 6.45) is 1.18. The fourth-order valence-electron chi connectivity index (χ4n) is 2.51. The van der Waals surface area contributed by atoms with Crippen LogP contribution in [0, 0.1) is 6.92 Å². The first-order valence-electron chi connectivity index (χ1n) is 8.21. The molecule has 10 heteroatoms. The summed E-state index contributed by atoms with van der Waals surface area (Å²) in [6.45, 7) is 1.76. The third kappa shape index (κ3) is 4.00. The van der Waals surface area contributed by atoms with Crippen LogP contribution >= 0.6 is 11.6 Å². The van der Waals surface area contributed by atoms with E-state index in [-0.39, 0.29) is 15.5 Å². The maximum Gasteiger partial charge on any atom is 0.283 e. The molecule has 2 aromatic carbocycles. The number of fused-ring (bicyclic) bond motifs is 1. The number of sulfonamides is 1. The molecule has 1 N–H and O–H groups in total. The number of halogens is 1. The first kappa shape index (κ1) is 19.8. The normalized spacial score (nSPS) is 11.9. The van der Waals surface area contributed by atoms with Gasteiger partial charge in [0.2, 0.25) is 0 Å². The number of hydrogen-bond donors (Lipinski definition) is 1. The second-order valence-corrected chi connectivity index (χ2v) is 8.26. The standard InChI is InChI=1S/C18H18ClN5O3S/c1-12-21-16-6-4-5-7-17(16)24(12)22-18(25)14-9-8-13(10-15(14)19)28(26,27)20-11-23(2)3/h4-11H,1-3H3,(H,22,25)/b20-11+. The number of carbonyl (C=O) groups excluding carboxylic acids is 1. The lowest BCUT2D eigenvalue weighted by molar-refractivity contribution is 0.101. The number of rotatable bonds is 5. The second-order valence-electron chi connectivity index (χ2n) is 6.23. The van der Waals surface area contributed by atoms with E-state index in [0.29, 0.717) is 5.82 Å². The smallest absolute Gasteiger partial charge is 0.283 e. The Morgan fingerprint density at radius 2 is 1.96 bits per heavy atom. The highest BCUT2D eigenvalue weighted by Gasteiger charge is 2.18. The molecule has 0 spiro atoms. The van der Waals surface area contributed by atoms with Gasteiger partial charge in [0, 0.05) is 14.1 Å². The Morgan fingerprint density at radius 1 is 1.25 bits per heavy atom. The molecule has 0 bridgehead atoms. The quantitative estimate of drug-likeness (QED) is 0.506. The van der Waals surface area contributed by atoms with Crippen LogP contribution in [0.15, 0.2) is 51.8 Å². The summed E-state index contributed by atoms with van der Waals surface area (Å²) in [5, 5.41) is 0.000650. The average Bonchev–Trinajstić information content (AvgIpc) is 2.95. The highest BCUT2D eigenvalue weighted by molar-refractivity contribution is 7.90. The molecular weight excluding hydrogens is 402 g/mol. The molecule has 28 heavy (non-hydrogen) atoms. The Morgan fingerprint density at radius 3 is 2.64 bits per heavy atom. The second kappa shape index (κ2) is 7.61. The highest BCUT2D eigenvalue weighted by atomic mass is 35.5. The van der Waals surface area contributed by atoms with Gasteiger partial charge in [0.05, 0.1) is 26.5 Å². The minimum atomic E-state index is -3.91. The van der Waals surface area contributed by atoms with Gasteiger partial charge in [-0.25, -0.2) is 9.66 Å². The topological polar surface area (TPSA) is 96.7 Å². The van der Waals surface area contributed by atoms with Crippen LogP contribution in [-0.4, -0.2) is 49.3 Å². The molecule has 0 saturated carbocycles. The van der Waals surface area contributed by atoms with Gasteiger partial charge < -0.3 is 4.90 Å². The van der Waals surface area contributed by atoms with Crippen LogP contribution in [0.1, 0.15) is 16.2 Å². The lowest BCUT2D eigenvalue weighted by Gasteiger charge is -2.11. The van der Waals surface area contributed by atoms with Crippen molar-refractivity contribution in [1.82, 2.24) is 14.6 Å². The van der Waals surface area contributed by atoms with Crippen molar-refractivity contribution < 1.29 is 13.2 Å². The summed E-state index contributed by atoms with van der Waals surface area (Å²) >= 11 is 6.18. The van der Waals surface area contributed by atoms with Gasteiger partial charge in [0.25, 0.3) is 15.9 Å². The van der Waals surface area contributed by atoms with Crippen LogP contribution in [-0.2, 0) is 10.0 Å². The molecule has 3 rings (SSSR count). The van der Waals surface area contributed by atoms with E-state index in [9.17, 15) is 13.2 Å². The van der Waals surface area contributed by atoms with E-state index < -0.39 is 15.9 Å². The number of hydrogen-bond acceptors (Lipinski definition) is 4. The summed E-state index contributed by atoms with van der Waals surface area (Å²) in [6, 6.07) is 11.2. The van der Waals surface area contributed by atoms with Gasteiger partial charge in [-0.15, -0.1) is 4.40 Å². The van der Waals surface area contributed by atoms with Crippen LogP contribution in [0.5, 0.6) is 0 Å². The van der Waals surface area contributed by atoms with Crippen LogP contribution in [0.3, 0.4) is 0 Å². The average molecular weight is 420 g/mol. The highest BCUT2D eigenvalue weighted by Crippen LogP contribution is 2.23. The molecule has 0 radical (unpaired) electrons. The molecule has 0 atom stereocenters. The summed E-state index contributed by atoms with van der Waals surface area (Å²) in [5.41, 5.74) is 4.35. The molecule has 8 nitrogen and oxygen atoms in total. The molecule has 146 valence electrons. The molecule has 0 unspecified atom stereocenters. The number of amides is 1. The van der Waals surface area contributed by atoms with Crippen molar-refractivity contribution >= 4 is 44.9 Å². The number of nitrogens with one attached hydrogen (secondary N) is 1. The van der Waals surface area contributed by atoms with Crippen LogP contribution < -0.4 is 5.43 Å². The molecule has 1 amide bonds. The van der Waals surface area contributed by atoms with Gasteiger partial charge in [0.1, 0.15) is 12.2 Å². The minimum Gasteiger partial charge on any atom is -0.368 e. The molecule has 0 aliphatic heterocycles. The van der Waals surface area contributed by atoms with Gasteiger partial charge in [-0.05, 0) is 37.3 Å². The summed E-state index contributed by atoms with van der Waals surface area (Å²) in [4.78, 5) is 18.5. The largest absolute Gasteiger partial charge is 0.368 e. The molecule has 0 saturated heterocycles. The summed E-state index contributed by atoms with van der Waals surface area (Å²) in [5.74, 6) is 0.111. The fourth-order valence-corrected chi connectivity index (χ4v) is 3.78. The number of aryl methyl sites for hydroxylation is 1. The van der Waals surface area contributed by atoms with Crippen LogP contribution in [0.25, 0.3) is 11.0 Å². The maximum absolute atomic E-state index is 12.7. The maximum atomic E-state index is 12.7. The predicted molar refractivity (Wildman–Crippen MR) is 109 cm³/mol. The zero-order valence-electron chi connectivity index (χ0n) is 15.4. The van der Waals surface area contributed by atoms with E-state index in [2.05, 4.69) is 14.8 Å². The Kier molecular flexibility index (Phi) is 5.39. The van der Waals surface area contributed by atoms with Gasteiger partial charge >= 0.3 is 0 Å². The van der Waals surface area contributed by atoms with E-state index in [1.54, 1.807) is 25.7 Å². The number of carbonyl (C=O) groups is 1. The van der Waals surface area contributed by atoms with E-state index in [1.807, 2.05) is 24.3 Å². The lowest BCUT2D eigenvalue weighted by Crippen LogP contribution is -2.24. The zero-order valence-corrected chi connectivity index (χ0v) is 17.0. The first-order valence-corrected chi connectivity index (χ1v) is 10.0. The van der Waals surface area contributed by atoms with Gasteiger partial charge in [-0.3, -0.25) is 10.2 Å². The monoisotopic (exact) mass is 419 g/mol. The van der Waals surface area contributed by atoms with E-state index in [0.717, 1.165) is 11.0 Å². The zero-order chi connectivity index (χ0) is 20.5. The number of para-hydroxylation sites is 2. The van der Waals surface area contributed by atoms with Gasteiger partial charge in [-0.2, -0.15) is 8.42 Å².